The Hall–Kier alpha value is -7.96. The van der Waals surface area contributed by atoms with E-state index in [-0.39, 0.29) is 33.7 Å². The molecule has 9 rings (SSSR count). The third-order valence-corrected chi connectivity index (χ3v) is 10.6. The van der Waals surface area contributed by atoms with Crippen molar-refractivity contribution in [2.45, 2.75) is 18.8 Å². The number of amidine groups is 2. The molecule has 1 aromatic heterocycles. The molecule has 1 aliphatic heterocycles. The van der Waals surface area contributed by atoms with Gasteiger partial charge in [0.2, 0.25) is 0 Å². The maximum atomic E-state index is 14.9. The first-order valence-electron chi connectivity index (χ1n) is 18.9. The Labute approximate surface area is 344 Å². The molecule has 61 heavy (non-hydrogen) atoms. The standard InChI is InChI=1S/C49H28F6N6/c50-48(51,52)34-17-20-38(42(25-34)49(53,54)55)37-21-18-35(26-41(37)47-59-45(30-9-3-1-4-10-30)58-46(60-47)31-11-5-2-6-12-31)61-43-14-8-7-13-39(43)40-24-32(16-22-44(40)61)36-19-15-29(27-56)23-33(36)28-57/h1-19,21-26H,20H2,(H,58,59,60). The van der Waals surface area contributed by atoms with Crippen LogP contribution in [-0.4, -0.2) is 28.6 Å². The summed E-state index contributed by atoms with van der Waals surface area (Å²) in [5, 5.41) is 24.5. The number of nitrogens with zero attached hydrogens (tertiary/aromatic N) is 5. The highest BCUT2D eigenvalue weighted by atomic mass is 19.4. The van der Waals surface area contributed by atoms with Gasteiger partial charge in [-0.2, -0.15) is 36.9 Å². The number of nitrogens with one attached hydrogen (secondary N) is 1. The van der Waals surface area contributed by atoms with Crippen LogP contribution < -0.4 is 15.8 Å². The third-order valence-electron chi connectivity index (χ3n) is 10.6. The molecule has 0 amide bonds. The van der Waals surface area contributed by atoms with Gasteiger partial charge in [-0.05, 0) is 76.9 Å². The molecule has 296 valence electrons. The van der Waals surface area contributed by atoms with Gasteiger partial charge in [-0.3, -0.25) is 0 Å². The van der Waals surface area contributed by atoms with Crippen LogP contribution in [0.25, 0.3) is 50.0 Å². The lowest BCUT2D eigenvalue weighted by Crippen LogP contribution is -2.39. The van der Waals surface area contributed by atoms with Gasteiger partial charge >= 0.3 is 12.4 Å². The highest BCUT2D eigenvalue weighted by Crippen LogP contribution is 2.41. The first-order valence-corrected chi connectivity index (χ1v) is 18.9. The number of fused-ring (bicyclic) bond motifs is 3. The van der Waals surface area contributed by atoms with E-state index >= 15 is 0 Å². The zero-order valence-corrected chi connectivity index (χ0v) is 31.6. The van der Waals surface area contributed by atoms with Crippen LogP contribution in [0.3, 0.4) is 0 Å². The van der Waals surface area contributed by atoms with Crippen LogP contribution in [0.1, 0.15) is 28.7 Å². The second-order valence-electron chi connectivity index (χ2n) is 14.3. The molecule has 12 heteroatoms. The summed E-state index contributed by atoms with van der Waals surface area (Å²) in [5.74, 6) is 0.772. The number of halogens is 6. The fraction of sp³-hybridized carbons (Fsp3) is 0.0612. The lowest BCUT2D eigenvalue weighted by molar-refractivity contribution is -0.0938. The maximum Gasteiger partial charge on any atom is 0.416 e. The summed E-state index contributed by atoms with van der Waals surface area (Å²) in [4.78, 5) is 9.69. The fourth-order valence-electron chi connectivity index (χ4n) is 7.82. The first-order chi connectivity index (χ1) is 29.4. The molecule has 0 radical (unpaired) electrons. The Balaban J connectivity index is 1.35. The predicted octanol–water partition coefficient (Wildman–Crippen LogP) is 10.3. The largest absolute Gasteiger partial charge is 0.416 e. The minimum atomic E-state index is -5.12. The van der Waals surface area contributed by atoms with Crippen LogP contribution in [0, 0.1) is 22.7 Å². The van der Waals surface area contributed by atoms with Gasteiger partial charge in [0.15, 0.2) is 5.84 Å². The van der Waals surface area contributed by atoms with Crippen molar-refractivity contribution >= 4 is 44.9 Å². The molecule has 2 heterocycles. The highest BCUT2D eigenvalue weighted by molar-refractivity contribution is 6.16. The molecular formula is C49H28F6N6. The van der Waals surface area contributed by atoms with Gasteiger partial charge in [0, 0.05) is 32.8 Å². The molecule has 1 N–H and O–H groups in total. The normalized spacial score (nSPS) is 16.2. The lowest BCUT2D eigenvalue weighted by atomic mass is 9.90. The Morgan fingerprint density at radius 3 is 2.02 bits per heavy atom. The number of hydrogen-bond acceptors (Lipinski definition) is 5. The van der Waals surface area contributed by atoms with Crippen LogP contribution in [0.2, 0.25) is 0 Å². The Morgan fingerprint density at radius 1 is 0.607 bits per heavy atom. The summed E-state index contributed by atoms with van der Waals surface area (Å²) in [6, 6.07) is 45.4. The van der Waals surface area contributed by atoms with Crippen molar-refractivity contribution in [3.63, 3.8) is 0 Å². The molecule has 6 nitrogen and oxygen atoms in total. The van der Waals surface area contributed by atoms with E-state index in [1.165, 1.54) is 12.1 Å². The van der Waals surface area contributed by atoms with Crippen LogP contribution in [-0.2, 0) is 0 Å². The molecule has 7 aromatic rings. The molecule has 0 spiro atoms. The van der Waals surface area contributed by atoms with Crippen molar-refractivity contribution in [3.05, 3.63) is 196 Å². The first kappa shape index (κ1) is 38.6. The van der Waals surface area contributed by atoms with Crippen molar-refractivity contribution < 1.29 is 26.3 Å². The third kappa shape index (κ3) is 7.15. The second-order valence-corrected chi connectivity index (χ2v) is 14.3. The molecule has 0 saturated heterocycles. The molecule has 0 atom stereocenters. The highest BCUT2D eigenvalue weighted by Gasteiger charge is 2.42. The summed E-state index contributed by atoms with van der Waals surface area (Å²) in [6.45, 7) is 0. The number of aromatic nitrogens is 1. The quantitative estimate of drug-likeness (QED) is 0.180. The molecule has 0 unspecified atom stereocenters. The average molecular weight is 815 g/mol. The Kier molecular flexibility index (Phi) is 9.49. The molecule has 0 bridgehead atoms. The predicted molar refractivity (Wildman–Crippen MR) is 224 cm³/mol. The maximum absolute atomic E-state index is 14.9. The molecular weight excluding hydrogens is 787 g/mol. The van der Waals surface area contributed by atoms with Gasteiger partial charge in [-0.25, -0.2) is 9.98 Å². The van der Waals surface area contributed by atoms with E-state index in [4.69, 9.17) is 9.98 Å². The smallest absolute Gasteiger partial charge is 0.324 e. The van der Waals surface area contributed by atoms with Crippen molar-refractivity contribution in [2.75, 3.05) is 0 Å². The van der Waals surface area contributed by atoms with Crippen LogP contribution >= 0.6 is 0 Å². The minimum Gasteiger partial charge on any atom is -0.324 e. The van der Waals surface area contributed by atoms with Gasteiger partial charge < -0.3 is 9.88 Å². The van der Waals surface area contributed by atoms with Crippen molar-refractivity contribution in [2.24, 2.45) is 9.98 Å². The Morgan fingerprint density at radius 2 is 1.31 bits per heavy atom. The summed E-state index contributed by atoms with van der Waals surface area (Å²) < 4.78 is 88.3. The SMILES string of the molecule is N#Cc1ccc(-c2ccc3c(c2)c2ccccc2n3-c2ccc(=C3CC=C(C(F)(F)F)C=C3C(F)(F)F)c(=C3N=C(c4ccccc4)N=C(c4ccccc4)N3)c2)c(C#N)c1. The van der Waals surface area contributed by atoms with E-state index in [1.54, 1.807) is 36.4 Å². The van der Waals surface area contributed by atoms with E-state index in [0.717, 1.165) is 33.4 Å². The van der Waals surface area contributed by atoms with Gasteiger partial charge in [0.05, 0.1) is 45.4 Å². The monoisotopic (exact) mass is 814 g/mol. The fourth-order valence-corrected chi connectivity index (χ4v) is 7.82. The van der Waals surface area contributed by atoms with E-state index in [9.17, 15) is 36.9 Å². The second kappa shape index (κ2) is 15.0. The van der Waals surface area contributed by atoms with Crippen LogP contribution in [0.15, 0.2) is 173 Å². The van der Waals surface area contributed by atoms with Crippen molar-refractivity contribution in [3.8, 4) is 29.0 Å². The number of alkyl halides is 6. The number of allylic oxidation sites excluding steroid dienone is 4. The van der Waals surface area contributed by atoms with E-state index in [0.29, 0.717) is 39.3 Å². The number of rotatable bonds is 4. The number of benzene rings is 6. The summed E-state index contributed by atoms with van der Waals surface area (Å²) >= 11 is 0. The van der Waals surface area contributed by atoms with Gasteiger partial charge in [-0.15, -0.1) is 0 Å². The number of nitriles is 2. The number of para-hydroxylation sites is 1. The summed E-state index contributed by atoms with van der Waals surface area (Å²) in [7, 11) is 0. The molecule has 2 aliphatic rings. The lowest BCUT2D eigenvalue weighted by Gasteiger charge is -2.22. The summed E-state index contributed by atoms with van der Waals surface area (Å²) in [6.07, 6.45) is -9.82. The zero-order valence-electron chi connectivity index (χ0n) is 31.6. The topological polar surface area (TPSA) is 89.3 Å². The Bertz CT molecular complexity index is 3280. The average Bonchev–Trinajstić information content (AvgIpc) is 3.62. The number of hydrogen-bond donors (Lipinski definition) is 1. The van der Waals surface area contributed by atoms with Gasteiger partial charge in [-0.1, -0.05) is 103 Å². The molecule has 0 fully saturated rings. The molecule has 6 aromatic carbocycles. The summed E-state index contributed by atoms with van der Waals surface area (Å²) in [5.41, 5.74) is 2.25. The zero-order chi connectivity index (χ0) is 42.5. The van der Waals surface area contributed by atoms with Crippen molar-refractivity contribution in [1.82, 2.24) is 9.88 Å². The van der Waals surface area contributed by atoms with Gasteiger partial charge in [0.25, 0.3) is 0 Å². The van der Waals surface area contributed by atoms with E-state index < -0.39 is 29.9 Å². The minimum absolute atomic E-state index is 0.0330. The van der Waals surface area contributed by atoms with Gasteiger partial charge in [0.1, 0.15) is 11.7 Å². The molecule has 0 saturated carbocycles. The number of aliphatic imine (C=N–C) groups is 2. The molecule has 1 aliphatic carbocycles. The van der Waals surface area contributed by atoms with Crippen LogP contribution in [0.5, 0.6) is 0 Å². The van der Waals surface area contributed by atoms with E-state index in [2.05, 4.69) is 17.5 Å². The van der Waals surface area contributed by atoms with E-state index in [1.807, 2.05) is 95.6 Å². The van der Waals surface area contributed by atoms with Crippen molar-refractivity contribution in [1.29, 1.82) is 10.5 Å². The van der Waals surface area contributed by atoms with Crippen LogP contribution in [0.4, 0.5) is 26.3 Å².